The Labute approximate surface area is 126 Å². The summed E-state index contributed by atoms with van der Waals surface area (Å²) in [5.41, 5.74) is 2.82. The number of hydrogen-bond acceptors (Lipinski definition) is 2. The molecule has 4 nitrogen and oxygen atoms in total. The highest BCUT2D eigenvalue weighted by atomic mass is 79.9. The van der Waals surface area contributed by atoms with Crippen LogP contribution in [0.4, 0.5) is 10.5 Å². The minimum Gasteiger partial charge on any atom is -0.331 e. The number of aromatic nitrogens is 1. The number of benzene rings is 1. The number of halogens is 1. The van der Waals surface area contributed by atoms with Crippen molar-refractivity contribution in [2.45, 2.75) is 19.9 Å². The average molecular weight is 334 g/mol. The van der Waals surface area contributed by atoms with E-state index in [0.29, 0.717) is 0 Å². The minimum absolute atomic E-state index is 0.0752. The number of urea groups is 1. The summed E-state index contributed by atoms with van der Waals surface area (Å²) >= 11 is 3.40. The first-order chi connectivity index (χ1) is 9.56. The Balaban J connectivity index is 1.99. The van der Waals surface area contributed by atoms with E-state index in [0.717, 1.165) is 21.3 Å². The molecule has 0 aliphatic carbocycles. The number of anilines is 1. The molecule has 0 unspecified atom stereocenters. The van der Waals surface area contributed by atoms with Crippen molar-refractivity contribution in [2.24, 2.45) is 0 Å². The van der Waals surface area contributed by atoms with Crippen LogP contribution in [-0.2, 0) is 0 Å². The number of nitrogens with one attached hydrogen (secondary N) is 2. The first-order valence-electron chi connectivity index (χ1n) is 6.30. The van der Waals surface area contributed by atoms with Crippen molar-refractivity contribution in [3.8, 4) is 0 Å². The Bertz CT molecular complexity index is 601. The summed E-state index contributed by atoms with van der Waals surface area (Å²) < 4.78 is 0.992. The number of nitrogens with zero attached hydrogens (tertiary/aromatic N) is 1. The maximum atomic E-state index is 12.0. The van der Waals surface area contributed by atoms with Gasteiger partial charge in [-0.25, -0.2) is 4.79 Å². The van der Waals surface area contributed by atoms with Crippen LogP contribution >= 0.6 is 15.9 Å². The molecule has 2 amide bonds. The van der Waals surface area contributed by atoms with Gasteiger partial charge in [0.05, 0.1) is 6.04 Å². The fourth-order valence-corrected chi connectivity index (χ4v) is 2.33. The lowest BCUT2D eigenvalue weighted by molar-refractivity contribution is 0.249. The summed E-state index contributed by atoms with van der Waals surface area (Å²) in [5.74, 6) is 0. The van der Waals surface area contributed by atoms with E-state index in [9.17, 15) is 4.79 Å². The maximum absolute atomic E-state index is 12.0. The third kappa shape index (κ3) is 3.81. The zero-order valence-corrected chi connectivity index (χ0v) is 12.9. The Morgan fingerprint density at radius 3 is 2.60 bits per heavy atom. The van der Waals surface area contributed by atoms with Crippen LogP contribution in [0.15, 0.2) is 47.2 Å². The Hall–Kier alpha value is -1.88. The molecule has 0 spiro atoms. The number of carbonyl (C=O) groups excluding carboxylic acids is 1. The molecule has 1 aromatic heterocycles. The second kappa shape index (κ2) is 6.52. The van der Waals surface area contributed by atoms with Gasteiger partial charge in [0.15, 0.2) is 0 Å². The van der Waals surface area contributed by atoms with Gasteiger partial charge in [-0.3, -0.25) is 4.98 Å². The molecule has 2 rings (SSSR count). The van der Waals surface area contributed by atoms with Crippen molar-refractivity contribution in [2.75, 3.05) is 5.32 Å². The Morgan fingerprint density at radius 2 is 1.95 bits per heavy atom. The molecule has 104 valence electrons. The number of pyridine rings is 1. The first kappa shape index (κ1) is 14.5. The molecular formula is C15H16BrN3O. The monoisotopic (exact) mass is 333 g/mol. The lowest BCUT2D eigenvalue weighted by Gasteiger charge is -2.15. The Morgan fingerprint density at radius 1 is 1.25 bits per heavy atom. The van der Waals surface area contributed by atoms with Gasteiger partial charge in [-0.15, -0.1) is 0 Å². The molecule has 0 aliphatic rings. The van der Waals surface area contributed by atoms with Gasteiger partial charge in [0.2, 0.25) is 0 Å². The van der Waals surface area contributed by atoms with Crippen molar-refractivity contribution < 1.29 is 4.79 Å². The van der Waals surface area contributed by atoms with Crippen LogP contribution in [0.5, 0.6) is 0 Å². The number of carbonyl (C=O) groups is 1. The molecule has 0 bridgehead atoms. The van der Waals surface area contributed by atoms with E-state index in [1.807, 2.05) is 44.2 Å². The van der Waals surface area contributed by atoms with E-state index in [2.05, 4.69) is 31.5 Å². The molecular weight excluding hydrogens is 318 g/mol. The second-order valence-electron chi connectivity index (χ2n) is 4.56. The summed E-state index contributed by atoms with van der Waals surface area (Å²) in [6, 6.07) is 9.20. The van der Waals surface area contributed by atoms with E-state index in [1.54, 1.807) is 12.4 Å². The molecule has 1 aromatic carbocycles. The standard InChI is InChI=1S/C15H16BrN3O/c1-10-9-13(16)3-4-14(10)19-15(20)18-11(2)12-5-7-17-8-6-12/h3-9,11H,1-2H3,(H2,18,19,20)/t11-/m0/s1. The fraction of sp³-hybridized carbons (Fsp3) is 0.200. The van der Waals surface area contributed by atoms with E-state index in [4.69, 9.17) is 0 Å². The van der Waals surface area contributed by atoms with Crippen LogP contribution in [-0.4, -0.2) is 11.0 Å². The first-order valence-corrected chi connectivity index (χ1v) is 7.09. The van der Waals surface area contributed by atoms with Crippen molar-refractivity contribution in [3.05, 3.63) is 58.3 Å². The van der Waals surface area contributed by atoms with Crippen molar-refractivity contribution >= 4 is 27.6 Å². The van der Waals surface area contributed by atoms with Gasteiger partial charge in [0.25, 0.3) is 0 Å². The molecule has 20 heavy (non-hydrogen) atoms. The van der Waals surface area contributed by atoms with Gasteiger partial charge >= 0.3 is 6.03 Å². The van der Waals surface area contributed by atoms with Gasteiger partial charge < -0.3 is 10.6 Å². The second-order valence-corrected chi connectivity index (χ2v) is 5.48. The third-order valence-electron chi connectivity index (χ3n) is 2.99. The van der Waals surface area contributed by atoms with Crippen molar-refractivity contribution in [1.82, 2.24) is 10.3 Å². The van der Waals surface area contributed by atoms with E-state index >= 15 is 0 Å². The topological polar surface area (TPSA) is 54.0 Å². The summed E-state index contributed by atoms with van der Waals surface area (Å²) in [6.45, 7) is 3.88. The predicted octanol–water partition coefficient (Wildman–Crippen LogP) is 4.04. The molecule has 1 atom stereocenters. The molecule has 0 aliphatic heterocycles. The smallest absolute Gasteiger partial charge is 0.319 e. The minimum atomic E-state index is -0.222. The van der Waals surface area contributed by atoms with Gasteiger partial charge in [-0.1, -0.05) is 15.9 Å². The molecule has 5 heteroatoms. The van der Waals surface area contributed by atoms with Crippen molar-refractivity contribution in [1.29, 1.82) is 0 Å². The predicted molar refractivity (Wildman–Crippen MR) is 83.7 cm³/mol. The van der Waals surface area contributed by atoms with Gasteiger partial charge in [0, 0.05) is 22.6 Å². The van der Waals surface area contributed by atoms with Crippen LogP contribution in [0.25, 0.3) is 0 Å². The number of rotatable bonds is 3. The number of aryl methyl sites for hydroxylation is 1. The third-order valence-corrected chi connectivity index (χ3v) is 3.48. The largest absolute Gasteiger partial charge is 0.331 e. The van der Waals surface area contributed by atoms with E-state index in [1.165, 1.54) is 0 Å². The normalized spacial score (nSPS) is 11.8. The van der Waals surface area contributed by atoms with E-state index < -0.39 is 0 Å². The molecule has 0 radical (unpaired) electrons. The zero-order valence-electron chi connectivity index (χ0n) is 11.4. The number of hydrogen-bond donors (Lipinski definition) is 2. The summed E-state index contributed by atoms with van der Waals surface area (Å²) in [7, 11) is 0. The van der Waals surface area contributed by atoms with Gasteiger partial charge in [0.1, 0.15) is 0 Å². The quantitative estimate of drug-likeness (QED) is 0.890. The van der Waals surface area contributed by atoms with Crippen molar-refractivity contribution in [3.63, 3.8) is 0 Å². The van der Waals surface area contributed by atoms with E-state index in [-0.39, 0.29) is 12.1 Å². The molecule has 2 aromatic rings. The van der Waals surface area contributed by atoms with Gasteiger partial charge in [-0.05, 0) is 55.3 Å². The van der Waals surface area contributed by atoms with Crippen LogP contribution < -0.4 is 10.6 Å². The maximum Gasteiger partial charge on any atom is 0.319 e. The zero-order chi connectivity index (χ0) is 14.5. The summed E-state index contributed by atoms with van der Waals surface area (Å²) in [5, 5.41) is 5.75. The van der Waals surface area contributed by atoms with Crippen LogP contribution in [0.2, 0.25) is 0 Å². The summed E-state index contributed by atoms with van der Waals surface area (Å²) in [4.78, 5) is 15.9. The van der Waals surface area contributed by atoms with Crippen LogP contribution in [0.1, 0.15) is 24.1 Å². The molecule has 0 saturated carbocycles. The molecule has 2 N–H and O–H groups in total. The number of amides is 2. The van der Waals surface area contributed by atoms with Gasteiger partial charge in [-0.2, -0.15) is 0 Å². The average Bonchev–Trinajstić information content (AvgIpc) is 2.43. The SMILES string of the molecule is Cc1cc(Br)ccc1NC(=O)N[C@@H](C)c1ccncc1. The molecule has 0 fully saturated rings. The van der Waals surface area contributed by atoms with Crippen LogP contribution in [0, 0.1) is 6.92 Å². The lowest BCUT2D eigenvalue weighted by atomic mass is 10.1. The highest BCUT2D eigenvalue weighted by Crippen LogP contribution is 2.20. The Kier molecular flexibility index (Phi) is 4.74. The summed E-state index contributed by atoms with van der Waals surface area (Å²) in [6.07, 6.45) is 3.43. The van der Waals surface area contributed by atoms with Crippen LogP contribution in [0.3, 0.4) is 0 Å². The molecule has 0 saturated heterocycles. The lowest BCUT2D eigenvalue weighted by Crippen LogP contribution is -2.31. The molecule has 1 heterocycles. The highest BCUT2D eigenvalue weighted by Gasteiger charge is 2.10. The highest BCUT2D eigenvalue weighted by molar-refractivity contribution is 9.10. The fourth-order valence-electron chi connectivity index (χ4n) is 1.86.